The van der Waals surface area contributed by atoms with Gasteiger partial charge in [0.15, 0.2) is 0 Å². The van der Waals surface area contributed by atoms with E-state index in [1.54, 1.807) is 6.92 Å². The molecule has 0 aliphatic carbocycles. The Kier molecular flexibility index (Phi) is 4.50. The minimum atomic E-state index is 0.709. The monoisotopic (exact) mass is 169 g/mol. The maximum absolute atomic E-state index is 8.11. The number of hydrogen-bond acceptors (Lipinski definition) is 2. The van der Waals surface area contributed by atoms with Gasteiger partial charge in [0.1, 0.15) is 0 Å². The molecular formula is C7H11N3S. The van der Waals surface area contributed by atoms with Gasteiger partial charge >= 0.3 is 0 Å². The zero-order valence-corrected chi connectivity index (χ0v) is 7.77. The second kappa shape index (κ2) is 4.88. The van der Waals surface area contributed by atoms with Crippen LogP contribution in [0.25, 0.3) is 10.4 Å². The Bertz CT molecular complexity index is 236. The molecule has 0 amide bonds. The molecule has 0 heterocycles. The van der Waals surface area contributed by atoms with Crippen LogP contribution in [-0.4, -0.2) is 0 Å². The fourth-order valence-electron chi connectivity index (χ4n) is 0.473. The smallest absolute Gasteiger partial charge is 0.0215 e. The first kappa shape index (κ1) is 10.1. The lowest BCUT2D eigenvalue weighted by Crippen LogP contribution is -1.73. The molecular weight excluding hydrogens is 158 g/mol. The van der Waals surface area contributed by atoms with Crippen LogP contribution in [-0.2, 0) is 0 Å². The van der Waals surface area contributed by atoms with E-state index in [0.717, 1.165) is 9.81 Å². The molecule has 0 N–H and O–H groups in total. The first-order valence-electron chi connectivity index (χ1n) is 3.14. The van der Waals surface area contributed by atoms with E-state index in [-0.39, 0.29) is 0 Å². The van der Waals surface area contributed by atoms with Gasteiger partial charge in [-0.25, -0.2) is 0 Å². The molecule has 11 heavy (non-hydrogen) atoms. The number of nitrogens with zero attached hydrogens (tertiary/aromatic N) is 3. The Morgan fingerprint density at radius 2 is 2.00 bits per heavy atom. The first-order chi connectivity index (χ1) is 5.07. The topological polar surface area (TPSA) is 48.8 Å². The van der Waals surface area contributed by atoms with Gasteiger partial charge in [-0.05, 0) is 36.1 Å². The lowest BCUT2D eigenvalue weighted by Gasteiger charge is -2.00. The van der Waals surface area contributed by atoms with E-state index in [2.05, 4.69) is 16.6 Å². The van der Waals surface area contributed by atoms with Crippen molar-refractivity contribution in [2.24, 2.45) is 5.11 Å². The van der Waals surface area contributed by atoms with Gasteiger partial charge in [-0.3, -0.25) is 0 Å². The Morgan fingerprint density at radius 1 is 1.45 bits per heavy atom. The number of rotatable bonds is 3. The van der Waals surface area contributed by atoms with E-state index in [1.165, 1.54) is 11.8 Å². The summed E-state index contributed by atoms with van der Waals surface area (Å²) >= 11 is 1.52. The molecule has 0 bridgehead atoms. The Balaban J connectivity index is 4.39. The van der Waals surface area contributed by atoms with Crippen molar-refractivity contribution in [3.8, 4) is 0 Å². The number of azide groups is 1. The summed E-state index contributed by atoms with van der Waals surface area (Å²) in [6, 6.07) is 0. The molecule has 0 saturated heterocycles. The fourth-order valence-corrected chi connectivity index (χ4v) is 1.18. The largest absolute Gasteiger partial charge is 0.100 e. The van der Waals surface area contributed by atoms with Gasteiger partial charge in [-0.1, -0.05) is 11.7 Å². The van der Waals surface area contributed by atoms with Crippen molar-refractivity contribution in [2.75, 3.05) is 0 Å². The quantitative estimate of drug-likeness (QED) is 0.360. The fraction of sp³-hybridized carbons (Fsp3) is 0.429. The predicted octanol–water partition coefficient (Wildman–Crippen LogP) is 3.81. The van der Waals surface area contributed by atoms with Crippen molar-refractivity contribution in [3.63, 3.8) is 0 Å². The Labute approximate surface area is 70.8 Å². The summed E-state index contributed by atoms with van der Waals surface area (Å²) in [7, 11) is 0. The summed E-state index contributed by atoms with van der Waals surface area (Å²) in [5.41, 5.74) is 8.82. The molecule has 0 aliphatic heterocycles. The minimum Gasteiger partial charge on any atom is -0.100 e. The van der Waals surface area contributed by atoms with Crippen LogP contribution >= 0.6 is 11.8 Å². The molecule has 0 aromatic carbocycles. The summed E-state index contributed by atoms with van der Waals surface area (Å²) in [5.74, 6) is 0. The third kappa shape index (κ3) is 4.53. The third-order valence-electron chi connectivity index (χ3n) is 1.03. The molecule has 0 rings (SSSR count). The van der Waals surface area contributed by atoms with Crippen molar-refractivity contribution in [3.05, 3.63) is 32.5 Å². The molecule has 0 aromatic rings. The van der Waals surface area contributed by atoms with Gasteiger partial charge in [0, 0.05) is 10.6 Å². The average Bonchev–Trinajstić information content (AvgIpc) is 1.86. The molecule has 3 nitrogen and oxygen atoms in total. The van der Waals surface area contributed by atoms with Crippen LogP contribution in [0, 0.1) is 0 Å². The highest BCUT2D eigenvalue weighted by molar-refractivity contribution is 8.06. The second-order valence-electron chi connectivity index (χ2n) is 2.14. The van der Waals surface area contributed by atoms with E-state index in [9.17, 15) is 0 Å². The van der Waals surface area contributed by atoms with Crippen molar-refractivity contribution in [1.82, 2.24) is 0 Å². The highest BCUT2D eigenvalue weighted by atomic mass is 32.2. The van der Waals surface area contributed by atoms with Gasteiger partial charge < -0.3 is 0 Å². The highest BCUT2D eigenvalue weighted by Crippen LogP contribution is 2.25. The molecule has 0 radical (unpaired) electrons. The average molecular weight is 169 g/mol. The van der Waals surface area contributed by atoms with Crippen molar-refractivity contribution < 1.29 is 0 Å². The maximum atomic E-state index is 8.11. The summed E-state index contributed by atoms with van der Waals surface area (Å²) < 4.78 is 0. The molecule has 0 aromatic heterocycles. The summed E-state index contributed by atoms with van der Waals surface area (Å²) in [6.07, 6.45) is 0. The van der Waals surface area contributed by atoms with Crippen LogP contribution in [0.15, 0.2) is 27.2 Å². The van der Waals surface area contributed by atoms with Gasteiger partial charge in [0.2, 0.25) is 0 Å². The van der Waals surface area contributed by atoms with Crippen LogP contribution in [0.4, 0.5) is 0 Å². The lowest BCUT2D eigenvalue weighted by atomic mass is 10.5. The first-order valence-corrected chi connectivity index (χ1v) is 3.95. The second-order valence-corrected chi connectivity index (χ2v) is 3.65. The van der Waals surface area contributed by atoms with E-state index < -0.39 is 0 Å². The van der Waals surface area contributed by atoms with Gasteiger partial charge in [0.05, 0.1) is 0 Å². The zero-order valence-electron chi connectivity index (χ0n) is 6.96. The van der Waals surface area contributed by atoms with Crippen LogP contribution < -0.4 is 0 Å². The van der Waals surface area contributed by atoms with Gasteiger partial charge in [-0.2, -0.15) is 0 Å². The molecule has 0 aliphatic rings. The number of thioether (sulfide) groups is 1. The molecule has 0 saturated carbocycles. The molecule has 4 heteroatoms. The van der Waals surface area contributed by atoms with Crippen LogP contribution in [0.2, 0.25) is 0 Å². The van der Waals surface area contributed by atoms with Crippen molar-refractivity contribution in [2.45, 2.75) is 20.8 Å². The standard InChI is InChI=1S/C7H11N3S/c1-5(2)11-7(4)6(3)9-10-8/h1H2,2-4H3/b7-6-. The summed E-state index contributed by atoms with van der Waals surface area (Å²) in [5, 5.41) is 3.48. The molecule has 0 atom stereocenters. The normalized spacial score (nSPS) is 11.5. The van der Waals surface area contributed by atoms with Crippen LogP contribution in [0.5, 0.6) is 0 Å². The number of allylic oxidation sites excluding steroid dienone is 3. The van der Waals surface area contributed by atoms with Crippen LogP contribution in [0.1, 0.15) is 20.8 Å². The third-order valence-corrected chi connectivity index (χ3v) is 1.98. The number of hydrogen-bond donors (Lipinski definition) is 0. The van der Waals surface area contributed by atoms with Crippen molar-refractivity contribution >= 4 is 11.8 Å². The van der Waals surface area contributed by atoms with E-state index >= 15 is 0 Å². The summed E-state index contributed by atoms with van der Waals surface area (Å²) in [6.45, 7) is 9.33. The van der Waals surface area contributed by atoms with E-state index in [0.29, 0.717) is 5.70 Å². The Morgan fingerprint density at radius 3 is 2.36 bits per heavy atom. The molecule has 0 fully saturated rings. The van der Waals surface area contributed by atoms with Gasteiger partial charge in [0.25, 0.3) is 0 Å². The predicted molar refractivity (Wildman–Crippen MR) is 49.9 cm³/mol. The SMILES string of the molecule is C=C(C)S/C(C)=C(/C)N=[N+]=[N-]. The van der Waals surface area contributed by atoms with Gasteiger partial charge in [-0.15, -0.1) is 11.8 Å². The van der Waals surface area contributed by atoms with E-state index in [1.807, 2.05) is 13.8 Å². The lowest BCUT2D eigenvalue weighted by molar-refractivity contribution is 1.24. The maximum Gasteiger partial charge on any atom is 0.0215 e. The van der Waals surface area contributed by atoms with Crippen LogP contribution in [0.3, 0.4) is 0 Å². The van der Waals surface area contributed by atoms with E-state index in [4.69, 9.17) is 5.53 Å². The Hall–Kier alpha value is -0.860. The summed E-state index contributed by atoms with van der Waals surface area (Å²) in [4.78, 5) is 4.68. The molecule has 0 unspecified atom stereocenters. The molecule has 0 spiro atoms. The van der Waals surface area contributed by atoms with Crippen molar-refractivity contribution in [1.29, 1.82) is 0 Å². The minimum absolute atomic E-state index is 0.709. The molecule has 60 valence electrons. The zero-order chi connectivity index (χ0) is 8.85. The highest BCUT2D eigenvalue weighted by Gasteiger charge is 1.94.